The van der Waals surface area contributed by atoms with Crippen LogP contribution in [0.4, 0.5) is 0 Å². The Hall–Kier alpha value is 0.894. The van der Waals surface area contributed by atoms with E-state index in [0.29, 0.717) is 50.4 Å². The van der Waals surface area contributed by atoms with Gasteiger partial charge in [0, 0.05) is 39.6 Å². The summed E-state index contributed by atoms with van der Waals surface area (Å²) in [5.41, 5.74) is 0. The van der Waals surface area contributed by atoms with Crippen LogP contribution in [0.3, 0.4) is 0 Å². The van der Waals surface area contributed by atoms with Crippen molar-refractivity contribution < 1.29 is 26.6 Å². The van der Waals surface area contributed by atoms with Gasteiger partial charge in [0.15, 0.2) is 0 Å². The molecule has 0 heterocycles. The van der Waals surface area contributed by atoms with E-state index in [0.717, 1.165) is 0 Å². The first-order chi connectivity index (χ1) is 11.6. The third-order valence-electron chi connectivity index (χ3n) is 2.74. The van der Waals surface area contributed by atoms with Gasteiger partial charge in [-0.2, -0.15) is 0 Å². The van der Waals surface area contributed by atoms with Gasteiger partial charge in [-0.25, -0.2) is 0 Å². The Morgan fingerprint density at radius 3 is 0.833 bits per heavy atom. The van der Waals surface area contributed by atoms with Crippen LogP contribution < -0.4 is 0 Å². The van der Waals surface area contributed by atoms with Gasteiger partial charge in [-0.15, -0.1) is 0 Å². The average Bonchev–Trinajstić information content (AvgIpc) is 2.53. The fourth-order valence-electron chi connectivity index (χ4n) is 2.05. The van der Waals surface area contributed by atoms with Gasteiger partial charge in [0.2, 0.25) is 0 Å². The quantitative estimate of drug-likeness (QED) is 0.202. The van der Waals surface area contributed by atoms with Crippen molar-refractivity contribution in [3.05, 3.63) is 0 Å². The van der Waals surface area contributed by atoms with Gasteiger partial charge in [0.25, 0.3) is 0 Å². The molecule has 0 fully saturated rings. The number of hydrogen-bond acceptors (Lipinski definition) is 8. The van der Waals surface area contributed by atoms with Crippen molar-refractivity contribution in [2.24, 2.45) is 0 Å². The van der Waals surface area contributed by atoms with Crippen molar-refractivity contribution in [2.45, 2.75) is 41.5 Å². The number of hydrogen-bond donors (Lipinski definition) is 0. The molecule has 6 nitrogen and oxygen atoms in total. The fourth-order valence-corrected chi connectivity index (χ4v) is 13.1. The van der Waals surface area contributed by atoms with Crippen molar-refractivity contribution in [1.29, 1.82) is 0 Å². The molecule has 0 N–H and O–H groups in total. The lowest BCUT2D eigenvalue weighted by atomic mass is 10.9. The van der Waals surface area contributed by atoms with E-state index in [1.807, 2.05) is 41.5 Å². The second kappa shape index (κ2) is 15.0. The summed E-state index contributed by atoms with van der Waals surface area (Å²) >= 11 is 0. The van der Waals surface area contributed by atoms with Gasteiger partial charge in [-0.1, -0.05) is 21.6 Å². The first-order valence-electron chi connectivity index (χ1n) is 8.65. The van der Waals surface area contributed by atoms with Crippen molar-refractivity contribution in [2.75, 3.05) is 50.4 Å². The lowest BCUT2D eigenvalue weighted by Gasteiger charge is -2.29. The lowest BCUT2D eigenvalue weighted by molar-refractivity contribution is 0.0763. The van der Waals surface area contributed by atoms with Crippen LogP contribution in [0.2, 0.25) is 0 Å². The highest BCUT2D eigenvalue weighted by molar-refractivity contribution is 8.77. The molecule has 0 radical (unpaired) electrons. The summed E-state index contributed by atoms with van der Waals surface area (Å²) in [6.07, 6.45) is 0. The van der Waals surface area contributed by atoms with Crippen LogP contribution in [0.15, 0.2) is 0 Å². The largest absolute Gasteiger partial charge is 0.512 e. The van der Waals surface area contributed by atoms with Gasteiger partial charge in [-0.05, 0) is 41.5 Å². The second-order valence-corrected chi connectivity index (χ2v) is 13.1. The van der Waals surface area contributed by atoms with E-state index in [-0.39, 0.29) is 0 Å². The molecule has 0 unspecified atom stereocenters. The molecule has 10 heteroatoms. The van der Waals surface area contributed by atoms with Gasteiger partial charge in [0.05, 0.1) is 10.8 Å². The zero-order valence-electron chi connectivity index (χ0n) is 15.9. The van der Waals surface area contributed by atoms with Crippen LogP contribution in [-0.2, 0) is 26.6 Å². The molecule has 0 amide bonds. The molecular weight excluding hydrogens is 384 g/mol. The minimum Gasteiger partial charge on any atom is -0.373 e. The number of rotatable bonds is 17. The molecular formula is C14H34O6S2Si2. The van der Waals surface area contributed by atoms with Gasteiger partial charge < -0.3 is 26.6 Å². The Morgan fingerprint density at radius 1 is 0.458 bits per heavy atom. The SMILES string of the molecule is CCO[Si](CSSC[Si](OCC)(OCC)OCC)(OCC)OCC. The summed E-state index contributed by atoms with van der Waals surface area (Å²) in [7, 11) is -1.86. The van der Waals surface area contributed by atoms with Crippen LogP contribution in [0.25, 0.3) is 0 Å². The van der Waals surface area contributed by atoms with E-state index in [9.17, 15) is 0 Å². The van der Waals surface area contributed by atoms with E-state index in [1.54, 1.807) is 21.6 Å². The van der Waals surface area contributed by atoms with E-state index in [2.05, 4.69) is 0 Å². The standard InChI is InChI=1S/C14H34O6S2Si2/c1-7-15-23(16-8-2,17-9-3)13-21-22-14-24(18-10-4,19-11-5)20-12-6/h7-14H2,1-6H3. The Kier molecular flexibility index (Phi) is 15.6. The summed E-state index contributed by atoms with van der Waals surface area (Å²) in [5.74, 6) is 0. The highest BCUT2D eigenvalue weighted by atomic mass is 33.1. The molecule has 0 aromatic rings. The third kappa shape index (κ3) is 9.55. The Labute approximate surface area is 157 Å². The van der Waals surface area contributed by atoms with E-state index < -0.39 is 17.6 Å². The summed E-state index contributed by atoms with van der Waals surface area (Å²) in [4.78, 5) is 0. The lowest BCUT2D eigenvalue weighted by Crippen LogP contribution is -2.50. The molecule has 0 spiro atoms. The van der Waals surface area contributed by atoms with Gasteiger partial charge in [0.1, 0.15) is 0 Å². The van der Waals surface area contributed by atoms with Crippen LogP contribution in [0.1, 0.15) is 41.5 Å². The molecule has 0 aromatic heterocycles. The van der Waals surface area contributed by atoms with Crippen molar-refractivity contribution >= 4 is 39.2 Å². The molecule has 146 valence electrons. The first kappa shape index (κ1) is 24.9. The Balaban J connectivity index is 4.64. The summed E-state index contributed by atoms with van der Waals surface area (Å²) < 4.78 is 35.2. The maximum Gasteiger partial charge on any atom is 0.512 e. The fraction of sp³-hybridized carbons (Fsp3) is 1.00. The van der Waals surface area contributed by atoms with E-state index >= 15 is 0 Å². The molecule has 0 saturated heterocycles. The maximum atomic E-state index is 5.86. The molecule has 0 atom stereocenters. The minimum absolute atomic E-state index is 0.590. The third-order valence-corrected chi connectivity index (χ3v) is 13.7. The summed E-state index contributed by atoms with van der Waals surface area (Å²) in [5, 5.41) is 1.39. The molecule has 0 aromatic carbocycles. The minimum atomic E-state index is -2.61. The first-order valence-corrected chi connectivity index (χ1v) is 15.0. The topological polar surface area (TPSA) is 55.4 Å². The van der Waals surface area contributed by atoms with Crippen molar-refractivity contribution in [3.8, 4) is 0 Å². The zero-order valence-corrected chi connectivity index (χ0v) is 19.6. The van der Waals surface area contributed by atoms with Crippen LogP contribution >= 0.6 is 21.6 Å². The Morgan fingerprint density at radius 2 is 0.667 bits per heavy atom. The van der Waals surface area contributed by atoms with E-state index in [4.69, 9.17) is 26.6 Å². The second-order valence-electron chi connectivity index (χ2n) is 4.49. The Bertz CT molecular complexity index is 240. The normalized spacial score (nSPS) is 12.8. The molecule has 0 saturated carbocycles. The van der Waals surface area contributed by atoms with Crippen molar-refractivity contribution in [3.63, 3.8) is 0 Å². The zero-order chi connectivity index (χ0) is 18.3. The molecule has 0 aliphatic carbocycles. The highest BCUT2D eigenvalue weighted by Gasteiger charge is 2.43. The predicted molar refractivity (Wildman–Crippen MR) is 106 cm³/mol. The molecule has 0 aliphatic heterocycles. The van der Waals surface area contributed by atoms with Crippen molar-refractivity contribution in [1.82, 2.24) is 0 Å². The monoisotopic (exact) mass is 418 g/mol. The van der Waals surface area contributed by atoms with Gasteiger partial charge in [-0.3, -0.25) is 0 Å². The molecule has 0 bridgehead atoms. The highest BCUT2D eigenvalue weighted by Crippen LogP contribution is 2.30. The average molecular weight is 419 g/mol. The van der Waals surface area contributed by atoms with Crippen LogP contribution in [-0.4, -0.2) is 68.0 Å². The van der Waals surface area contributed by atoms with Crippen LogP contribution in [0.5, 0.6) is 0 Å². The molecule has 24 heavy (non-hydrogen) atoms. The maximum absolute atomic E-state index is 5.86. The smallest absolute Gasteiger partial charge is 0.373 e. The molecule has 0 aliphatic rings. The molecule has 0 rings (SSSR count). The summed E-state index contributed by atoms with van der Waals surface area (Å²) in [6.45, 7) is 15.3. The van der Waals surface area contributed by atoms with Gasteiger partial charge >= 0.3 is 17.6 Å². The predicted octanol–water partition coefficient (Wildman–Crippen LogP) is 3.54. The van der Waals surface area contributed by atoms with Crippen LogP contribution in [0, 0.1) is 0 Å². The van der Waals surface area contributed by atoms with E-state index in [1.165, 1.54) is 0 Å². The summed E-state index contributed by atoms with van der Waals surface area (Å²) in [6, 6.07) is 0.